The molecule has 4 aliphatic rings. The lowest BCUT2D eigenvalue weighted by Gasteiger charge is -2.55. The molecule has 0 aliphatic heterocycles. The minimum atomic E-state index is -0.769. The van der Waals surface area contributed by atoms with Crippen LogP contribution in [0.25, 0.3) is 0 Å². The van der Waals surface area contributed by atoms with Crippen LogP contribution in [-0.4, -0.2) is 24.5 Å². The average Bonchev–Trinajstić information content (AvgIpc) is 2.43. The molecule has 1 atom stereocenters. The number of nitrogens with zero attached hydrogens (tertiary/aromatic N) is 1. The van der Waals surface area contributed by atoms with Gasteiger partial charge in [0, 0.05) is 5.41 Å². The van der Waals surface area contributed by atoms with Crippen molar-refractivity contribution in [2.24, 2.45) is 23.2 Å². The Balaban J connectivity index is 1.56. The van der Waals surface area contributed by atoms with E-state index in [-0.39, 0.29) is 17.9 Å². The van der Waals surface area contributed by atoms with E-state index < -0.39 is 12.1 Å². The van der Waals surface area contributed by atoms with Crippen LogP contribution >= 0.6 is 0 Å². The third-order valence-corrected chi connectivity index (χ3v) is 5.40. The highest BCUT2D eigenvalue weighted by Gasteiger charge is 2.54. The van der Waals surface area contributed by atoms with E-state index in [4.69, 9.17) is 10.00 Å². The summed E-state index contributed by atoms with van der Waals surface area (Å²) in [5.74, 6) is 1.58. The van der Waals surface area contributed by atoms with Crippen LogP contribution in [0.15, 0.2) is 0 Å². The third kappa shape index (κ3) is 2.76. The second-order valence-corrected chi connectivity index (χ2v) is 7.14. The number of rotatable bonds is 4. The minimum absolute atomic E-state index is 0.0168. The van der Waals surface area contributed by atoms with Crippen molar-refractivity contribution in [3.8, 4) is 6.07 Å². The lowest BCUT2D eigenvalue weighted by atomic mass is 9.49. The van der Waals surface area contributed by atoms with Gasteiger partial charge in [-0.25, -0.2) is 0 Å². The molecule has 0 saturated heterocycles. The first kappa shape index (κ1) is 14.4. The van der Waals surface area contributed by atoms with E-state index in [0.717, 1.165) is 19.3 Å². The van der Waals surface area contributed by atoms with E-state index in [0.29, 0.717) is 17.8 Å². The molecule has 0 unspecified atom stereocenters. The molecule has 0 aromatic rings. The SMILES string of the molecule is C[C@@H](C#N)OC(=O)CNC(=O)C12CC3CC(CC(C3)C1)C2. The number of carbonyl (C=O) groups is 2. The van der Waals surface area contributed by atoms with Crippen LogP contribution in [0.4, 0.5) is 0 Å². The first-order chi connectivity index (χ1) is 10.0. The van der Waals surface area contributed by atoms with Gasteiger partial charge in [0.1, 0.15) is 12.6 Å². The monoisotopic (exact) mass is 290 g/mol. The van der Waals surface area contributed by atoms with Crippen LogP contribution in [0.5, 0.6) is 0 Å². The number of esters is 1. The van der Waals surface area contributed by atoms with Gasteiger partial charge in [0.25, 0.3) is 0 Å². The molecule has 4 rings (SSSR count). The maximum absolute atomic E-state index is 12.6. The Morgan fingerprint density at radius 2 is 1.76 bits per heavy atom. The van der Waals surface area contributed by atoms with Gasteiger partial charge >= 0.3 is 5.97 Å². The van der Waals surface area contributed by atoms with Gasteiger partial charge in [0.05, 0.1) is 0 Å². The lowest BCUT2D eigenvalue weighted by molar-refractivity contribution is -0.151. The first-order valence-electron chi connectivity index (χ1n) is 7.88. The van der Waals surface area contributed by atoms with Crippen LogP contribution in [-0.2, 0) is 14.3 Å². The predicted octanol–water partition coefficient (Wildman–Crippen LogP) is 1.77. The Kier molecular flexibility index (Phi) is 3.64. The van der Waals surface area contributed by atoms with Gasteiger partial charge in [-0.3, -0.25) is 9.59 Å². The summed E-state index contributed by atoms with van der Waals surface area (Å²) in [6.07, 6.45) is 6.03. The van der Waals surface area contributed by atoms with Crippen molar-refractivity contribution < 1.29 is 14.3 Å². The van der Waals surface area contributed by atoms with Crippen LogP contribution in [0, 0.1) is 34.5 Å². The number of amides is 1. The predicted molar refractivity (Wildman–Crippen MR) is 74.8 cm³/mol. The van der Waals surface area contributed by atoms with Gasteiger partial charge in [-0.05, 0) is 63.2 Å². The highest BCUT2D eigenvalue weighted by molar-refractivity contribution is 5.86. The fourth-order valence-electron chi connectivity index (χ4n) is 4.99. The molecule has 0 heterocycles. The van der Waals surface area contributed by atoms with Crippen molar-refractivity contribution in [2.75, 3.05) is 6.54 Å². The normalized spacial score (nSPS) is 37.6. The van der Waals surface area contributed by atoms with E-state index in [2.05, 4.69) is 5.32 Å². The summed E-state index contributed by atoms with van der Waals surface area (Å²) < 4.78 is 4.85. The minimum Gasteiger partial charge on any atom is -0.446 e. The lowest BCUT2D eigenvalue weighted by Crippen LogP contribution is -2.54. The van der Waals surface area contributed by atoms with Crippen molar-refractivity contribution >= 4 is 11.9 Å². The maximum atomic E-state index is 12.6. The quantitative estimate of drug-likeness (QED) is 0.800. The molecule has 4 aliphatic carbocycles. The van der Waals surface area contributed by atoms with Crippen molar-refractivity contribution in [3.05, 3.63) is 0 Å². The summed E-state index contributed by atoms with van der Waals surface area (Å²) in [6, 6.07) is 1.84. The molecule has 0 radical (unpaired) electrons. The standard InChI is InChI=1S/C16H22N2O3/c1-10(8-17)21-14(19)9-18-15(20)16-5-11-2-12(6-16)4-13(3-11)7-16/h10-13H,2-7,9H2,1H3,(H,18,20)/t10-,11?,12?,13?,16?/m0/s1. The largest absolute Gasteiger partial charge is 0.446 e. The molecule has 4 fully saturated rings. The van der Waals surface area contributed by atoms with Crippen LogP contribution in [0.2, 0.25) is 0 Å². The van der Waals surface area contributed by atoms with Gasteiger partial charge < -0.3 is 10.1 Å². The molecule has 0 aromatic carbocycles. The molecule has 0 aromatic heterocycles. The fraction of sp³-hybridized carbons (Fsp3) is 0.812. The van der Waals surface area contributed by atoms with Gasteiger partial charge in [-0.2, -0.15) is 5.26 Å². The molecular weight excluding hydrogens is 268 g/mol. The summed E-state index contributed by atoms with van der Waals surface area (Å²) in [5, 5.41) is 11.3. The molecule has 1 amide bonds. The Hall–Kier alpha value is -1.57. The smallest absolute Gasteiger partial charge is 0.326 e. The number of hydrogen-bond acceptors (Lipinski definition) is 4. The molecule has 4 saturated carbocycles. The zero-order valence-electron chi connectivity index (χ0n) is 12.4. The van der Waals surface area contributed by atoms with E-state index in [1.54, 1.807) is 0 Å². The van der Waals surface area contributed by atoms with E-state index in [1.807, 2.05) is 6.07 Å². The highest BCUT2D eigenvalue weighted by atomic mass is 16.5. The van der Waals surface area contributed by atoms with Gasteiger partial charge in [0.15, 0.2) is 6.10 Å². The van der Waals surface area contributed by atoms with Crippen LogP contribution < -0.4 is 5.32 Å². The fourth-order valence-corrected chi connectivity index (χ4v) is 4.99. The maximum Gasteiger partial charge on any atom is 0.326 e. The number of carbonyl (C=O) groups excluding carboxylic acids is 2. The van der Waals surface area contributed by atoms with Crippen molar-refractivity contribution in [1.29, 1.82) is 5.26 Å². The number of nitriles is 1. The molecular formula is C16H22N2O3. The van der Waals surface area contributed by atoms with Gasteiger partial charge in [0.2, 0.25) is 5.91 Å². The summed E-state index contributed by atoms with van der Waals surface area (Å²) in [6.45, 7) is 1.38. The van der Waals surface area contributed by atoms with Crippen molar-refractivity contribution in [3.63, 3.8) is 0 Å². The molecule has 21 heavy (non-hydrogen) atoms. The Morgan fingerprint density at radius 3 is 2.24 bits per heavy atom. The topological polar surface area (TPSA) is 79.2 Å². The third-order valence-electron chi connectivity index (χ3n) is 5.40. The van der Waals surface area contributed by atoms with E-state index in [9.17, 15) is 9.59 Å². The molecule has 0 spiro atoms. The van der Waals surface area contributed by atoms with Crippen molar-refractivity contribution in [1.82, 2.24) is 5.32 Å². The second-order valence-electron chi connectivity index (χ2n) is 7.14. The van der Waals surface area contributed by atoms with Gasteiger partial charge in [-0.15, -0.1) is 0 Å². The average molecular weight is 290 g/mol. The van der Waals surface area contributed by atoms with E-state index in [1.165, 1.54) is 26.2 Å². The highest BCUT2D eigenvalue weighted by Crippen LogP contribution is 2.60. The molecule has 1 N–H and O–H groups in total. The Morgan fingerprint density at radius 1 is 1.24 bits per heavy atom. The summed E-state index contributed by atoms with van der Waals surface area (Å²) in [7, 11) is 0. The summed E-state index contributed by atoms with van der Waals surface area (Å²) >= 11 is 0. The van der Waals surface area contributed by atoms with Crippen LogP contribution in [0.3, 0.4) is 0 Å². The number of nitrogens with one attached hydrogen (secondary N) is 1. The summed E-state index contributed by atoms with van der Waals surface area (Å²) in [5.41, 5.74) is -0.240. The number of ether oxygens (including phenoxy) is 1. The zero-order chi connectivity index (χ0) is 15.0. The second kappa shape index (κ2) is 5.32. The number of hydrogen-bond donors (Lipinski definition) is 1. The molecule has 114 valence electrons. The zero-order valence-corrected chi connectivity index (χ0v) is 12.4. The van der Waals surface area contributed by atoms with Crippen LogP contribution in [0.1, 0.15) is 45.4 Å². The Labute approximate surface area is 125 Å². The summed E-state index contributed by atoms with van der Waals surface area (Å²) in [4.78, 5) is 24.1. The van der Waals surface area contributed by atoms with Gasteiger partial charge in [-0.1, -0.05) is 0 Å². The van der Waals surface area contributed by atoms with Crippen molar-refractivity contribution in [2.45, 2.75) is 51.6 Å². The molecule has 5 heteroatoms. The molecule has 5 nitrogen and oxygen atoms in total. The molecule has 4 bridgehead atoms. The van der Waals surface area contributed by atoms with E-state index >= 15 is 0 Å². The first-order valence-corrected chi connectivity index (χ1v) is 7.88. The Bertz CT molecular complexity index is 459.